The summed E-state index contributed by atoms with van der Waals surface area (Å²) in [5.74, 6) is -0.924. The summed E-state index contributed by atoms with van der Waals surface area (Å²) in [6.07, 6.45) is 0.809. The molecule has 0 aromatic rings. The van der Waals surface area contributed by atoms with Gasteiger partial charge in [-0.1, -0.05) is 0 Å². The fraction of sp³-hybridized carbons (Fsp3) is 0.833. The molecular weight excluding hydrogens is 136 g/mol. The van der Waals surface area contributed by atoms with Crippen LogP contribution in [0.2, 0.25) is 0 Å². The molecule has 4 nitrogen and oxygen atoms in total. The van der Waals surface area contributed by atoms with Crippen molar-refractivity contribution >= 4 is 5.97 Å². The van der Waals surface area contributed by atoms with E-state index in [2.05, 4.69) is 0 Å². The van der Waals surface area contributed by atoms with Crippen molar-refractivity contribution in [3.8, 4) is 0 Å². The Morgan fingerprint density at radius 3 is 3.10 bits per heavy atom. The number of carboxylic acids is 1. The molecule has 1 N–H and O–H groups in total. The van der Waals surface area contributed by atoms with Gasteiger partial charge in [0.25, 0.3) is 0 Å². The lowest BCUT2D eigenvalue weighted by molar-refractivity contribution is -0.144. The molecule has 1 rings (SSSR count). The summed E-state index contributed by atoms with van der Waals surface area (Å²) in [6, 6.07) is 0. The van der Waals surface area contributed by atoms with Gasteiger partial charge in [0, 0.05) is 6.61 Å². The topological polar surface area (TPSA) is 55.8 Å². The Balaban J connectivity index is 2.07. The highest BCUT2D eigenvalue weighted by Crippen LogP contribution is 2.07. The van der Waals surface area contributed by atoms with Crippen LogP contribution < -0.4 is 0 Å². The summed E-state index contributed by atoms with van der Waals surface area (Å²) < 4.78 is 9.91. The minimum Gasteiger partial charge on any atom is -0.480 e. The maximum absolute atomic E-state index is 9.99. The van der Waals surface area contributed by atoms with Crippen LogP contribution in [0.1, 0.15) is 6.42 Å². The van der Waals surface area contributed by atoms with E-state index in [-0.39, 0.29) is 12.7 Å². The highest BCUT2D eigenvalue weighted by molar-refractivity contribution is 5.68. The summed E-state index contributed by atoms with van der Waals surface area (Å²) >= 11 is 0. The fourth-order valence-electron chi connectivity index (χ4n) is 0.833. The van der Waals surface area contributed by atoms with Crippen LogP contribution in [0.5, 0.6) is 0 Å². The van der Waals surface area contributed by atoms with Crippen molar-refractivity contribution in [1.82, 2.24) is 0 Å². The van der Waals surface area contributed by atoms with Gasteiger partial charge >= 0.3 is 5.97 Å². The van der Waals surface area contributed by atoms with E-state index in [0.29, 0.717) is 13.2 Å². The quantitative estimate of drug-likeness (QED) is 0.603. The number of hydrogen-bond donors (Lipinski definition) is 1. The van der Waals surface area contributed by atoms with E-state index in [9.17, 15) is 4.79 Å². The number of carboxylic acid groups (broad SMARTS) is 1. The first-order valence-electron chi connectivity index (χ1n) is 3.20. The van der Waals surface area contributed by atoms with E-state index in [4.69, 9.17) is 14.6 Å². The van der Waals surface area contributed by atoms with Crippen LogP contribution in [0.25, 0.3) is 0 Å². The average molecular weight is 146 g/mol. The molecule has 0 bridgehead atoms. The number of hydrogen-bond acceptors (Lipinski definition) is 3. The minimum absolute atomic E-state index is 0.00361. The zero-order valence-electron chi connectivity index (χ0n) is 5.58. The molecule has 0 aliphatic carbocycles. The summed E-state index contributed by atoms with van der Waals surface area (Å²) in [6.45, 7) is 1.01. The van der Waals surface area contributed by atoms with Gasteiger partial charge < -0.3 is 14.6 Å². The van der Waals surface area contributed by atoms with Gasteiger partial charge in [-0.25, -0.2) is 4.79 Å². The molecule has 58 valence electrons. The van der Waals surface area contributed by atoms with Crippen LogP contribution in [-0.4, -0.2) is 37.0 Å². The Kier molecular flexibility index (Phi) is 2.65. The summed E-state index contributed by atoms with van der Waals surface area (Å²) in [5, 5.41) is 8.21. The molecule has 0 aromatic carbocycles. The molecule has 1 aliphatic rings. The van der Waals surface area contributed by atoms with Gasteiger partial charge in [-0.15, -0.1) is 0 Å². The van der Waals surface area contributed by atoms with Gasteiger partial charge in [0.05, 0.1) is 12.7 Å². The fourth-order valence-corrected chi connectivity index (χ4v) is 0.833. The van der Waals surface area contributed by atoms with E-state index in [1.165, 1.54) is 0 Å². The lowest BCUT2D eigenvalue weighted by atomic mass is 10.3. The van der Waals surface area contributed by atoms with Crippen LogP contribution >= 0.6 is 0 Å². The minimum atomic E-state index is -0.924. The molecule has 0 saturated carbocycles. The smallest absolute Gasteiger partial charge is 0.329 e. The first-order valence-corrected chi connectivity index (χ1v) is 3.20. The third-order valence-corrected chi connectivity index (χ3v) is 1.33. The van der Waals surface area contributed by atoms with Crippen molar-refractivity contribution in [3.05, 3.63) is 0 Å². The van der Waals surface area contributed by atoms with Gasteiger partial charge in [0.2, 0.25) is 0 Å². The average Bonchev–Trinajstić information content (AvgIpc) is 2.34. The molecule has 0 aromatic heterocycles. The van der Waals surface area contributed by atoms with E-state index in [0.717, 1.165) is 6.42 Å². The third-order valence-electron chi connectivity index (χ3n) is 1.33. The Bertz CT molecular complexity index is 117. The first-order chi connectivity index (χ1) is 4.79. The van der Waals surface area contributed by atoms with E-state index in [1.54, 1.807) is 0 Å². The molecule has 1 heterocycles. The molecule has 4 heteroatoms. The Hall–Kier alpha value is -0.610. The molecule has 0 spiro atoms. The van der Waals surface area contributed by atoms with Gasteiger partial charge in [0.15, 0.2) is 0 Å². The zero-order chi connectivity index (χ0) is 7.40. The van der Waals surface area contributed by atoms with Crippen molar-refractivity contribution in [1.29, 1.82) is 0 Å². The van der Waals surface area contributed by atoms with Crippen molar-refractivity contribution in [2.75, 3.05) is 19.8 Å². The zero-order valence-corrected chi connectivity index (χ0v) is 5.58. The first kappa shape index (κ1) is 7.50. The number of carbonyl (C=O) groups is 1. The molecule has 10 heavy (non-hydrogen) atoms. The summed E-state index contributed by atoms with van der Waals surface area (Å²) in [4.78, 5) is 9.99. The third kappa shape index (κ3) is 2.33. The Morgan fingerprint density at radius 2 is 2.60 bits per heavy atom. The molecule has 1 saturated heterocycles. The van der Waals surface area contributed by atoms with Gasteiger partial charge in [-0.3, -0.25) is 0 Å². The lowest BCUT2D eigenvalue weighted by Gasteiger charge is -2.05. The number of ether oxygens (including phenoxy) is 2. The SMILES string of the molecule is O=C(O)CO[C@@H]1CCOC1. The Labute approximate surface area is 58.7 Å². The molecule has 0 unspecified atom stereocenters. The lowest BCUT2D eigenvalue weighted by Crippen LogP contribution is -2.17. The molecule has 0 radical (unpaired) electrons. The van der Waals surface area contributed by atoms with Crippen LogP contribution in [0.4, 0.5) is 0 Å². The summed E-state index contributed by atoms with van der Waals surface area (Å²) in [5.41, 5.74) is 0. The second-order valence-corrected chi connectivity index (χ2v) is 2.19. The predicted molar refractivity (Wildman–Crippen MR) is 32.8 cm³/mol. The van der Waals surface area contributed by atoms with Crippen molar-refractivity contribution < 1.29 is 19.4 Å². The highest BCUT2D eigenvalue weighted by Gasteiger charge is 2.16. The Morgan fingerprint density at radius 1 is 1.80 bits per heavy atom. The molecule has 1 fully saturated rings. The van der Waals surface area contributed by atoms with Crippen molar-refractivity contribution in [2.45, 2.75) is 12.5 Å². The number of aliphatic carboxylic acids is 1. The monoisotopic (exact) mass is 146 g/mol. The standard InChI is InChI=1S/C6H10O4/c7-6(8)4-10-5-1-2-9-3-5/h5H,1-4H2,(H,7,8)/t5-/m1/s1. The highest BCUT2D eigenvalue weighted by atomic mass is 16.6. The summed E-state index contributed by atoms with van der Waals surface area (Å²) in [7, 11) is 0. The molecule has 0 amide bonds. The van der Waals surface area contributed by atoms with E-state index >= 15 is 0 Å². The maximum atomic E-state index is 9.99. The van der Waals surface area contributed by atoms with Gasteiger partial charge in [0.1, 0.15) is 6.61 Å². The molecule has 1 atom stereocenters. The van der Waals surface area contributed by atoms with Crippen molar-refractivity contribution in [2.24, 2.45) is 0 Å². The largest absolute Gasteiger partial charge is 0.480 e. The van der Waals surface area contributed by atoms with Crippen LogP contribution in [0.3, 0.4) is 0 Å². The van der Waals surface area contributed by atoms with Crippen LogP contribution in [0, 0.1) is 0 Å². The van der Waals surface area contributed by atoms with Crippen molar-refractivity contribution in [3.63, 3.8) is 0 Å². The molecular formula is C6H10O4. The predicted octanol–water partition coefficient (Wildman–Crippen LogP) is -0.124. The van der Waals surface area contributed by atoms with Crippen LogP contribution in [-0.2, 0) is 14.3 Å². The van der Waals surface area contributed by atoms with Gasteiger partial charge in [-0.05, 0) is 6.42 Å². The van der Waals surface area contributed by atoms with Gasteiger partial charge in [-0.2, -0.15) is 0 Å². The second-order valence-electron chi connectivity index (χ2n) is 2.19. The number of rotatable bonds is 3. The van der Waals surface area contributed by atoms with E-state index < -0.39 is 5.97 Å². The second kappa shape index (κ2) is 3.53. The molecule has 1 aliphatic heterocycles. The normalized spacial score (nSPS) is 25.0. The van der Waals surface area contributed by atoms with Crippen LogP contribution in [0.15, 0.2) is 0 Å². The maximum Gasteiger partial charge on any atom is 0.329 e. The van der Waals surface area contributed by atoms with E-state index in [1.807, 2.05) is 0 Å².